The van der Waals surface area contributed by atoms with Gasteiger partial charge in [-0.3, -0.25) is 4.79 Å². The van der Waals surface area contributed by atoms with Crippen LogP contribution in [0.2, 0.25) is 0 Å². The quantitative estimate of drug-likeness (QED) is 0.724. The topological polar surface area (TPSA) is 95.5 Å². The normalized spacial score (nSPS) is 24.5. The van der Waals surface area contributed by atoms with E-state index in [2.05, 4.69) is 22.2 Å². The molecule has 1 atom stereocenters. The van der Waals surface area contributed by atoms with Gasteiger partial charge in [0.25, 0.3) is 5.91 Å². The number of rotatable bonds is 4. The number of hydrogen-bond acceptors (Lipinski definition) is 7. The van der Waals surface area contributed by atoms with Gasteiger partial charge in [-0.05, 0) is 45.1 Å². The number of carbonyl (C=O) groups excluding carboxylic acids is 1. The molecule has 2 saturated heterocycles. The minimum atomic E-state index is -3.19. The minimum absolute atomic E-state index is 0.0101. The van der Waals surface area contributed by atoms with Gasteiger partial charge in [0.05, 0.1) is 28.4 Å². The molecule has 0 aliphatic carbocycles. The molecular formula is C21H26FN5O3S2. The van der Waals surface area contributed by atoms with Crippen molar-refractivity contribution in [3.8, 4) is 10.6 Å². The lowest BCUT2D eigenvalue weighted by Crippen LogP contribution is -2.44. The molecular weight excluding hydrogens is 453 g/mol. The fourth-order valence-corrected chi connectivity index (χ4v) is 7.22. The summed E-state index contributed by atoms with van der Waals surface area (Å²) in [6, 6.07) is 1.78. The van der Waals surface area contributed by atoms with Crippen molar-refractivity contribution < 1.29 is 17.6 Å². The summed E-state index contributed by atoms with van der Waals surface area (Å²) < 4.78 is 39.5. The number of nitrogens with zero attached hydrogens (tertiary/aromatic N) is 4. The van der Waals surface area contributed by atoms with Crippen LogP contribution in [-0.4, -0.2) is 65.4 Å². The Morgan fingerprint density at radius 3 is 2.72 bits per heavy atom. The van der Waals surface area contributed by atoms with Gasteiger partial charge in [0.15, 0.2) is 5.82 Å². The number of piperidine rings is 2. The number of hydrogen-bond donors (Lipinski definition) is 1. The third-order valence-corrected chi connectivity index (χ3v) is 9.52. The Hall–Kier alpha value is -2.11. The van der Waals surface area contributed by atoms with Gasteiger partial charge in [0, 0.05) is 30.6 Å². The molecule has 5 heterocycles. The lowest BCUT2D eigenvalue weighted by Gasteiger charge is -2.39. The molecule has 2 aromatic rings. The number of halogens is 1. The highest BCUT2D eigenvalue weighted by Crippen LogP contribution is 2.50. The second-order valence-electron chi connectivity index (χ2n) is 9.01. The average Bonchev–Trinajstić information content (AvgIpc) is 3.28. The summed E-state index contributed by atoms with van der Waals surface area (Å²) in [5, 5.41) is 3.22. The molecule has 8 nitrogen and oxygen atoms in total. The Morgan fingerprint density at radius 1 is 1.25 bits per heavy atom. The standard InChI is InChI=1S/C21H26FN5O3S2/c1-21-7-3-4-8-27(21)19(28)14-11-16(31-18(14)21)17-15(22)12-23-20(25-17)24-13-5-9-26(10-6-13)32(2,29)30/h11-13H,3-10H2,1-2H3,(H,23,24,25). The predicted molar refractivity (Wildman–Crippen MR) is 121 cm³/mol. The molecule has 3 aliphatic rings. The first-order valence-electron chi connectivity index (χ1n) is 10.9. The van der Waals surface area contributed by atoms with E-state index in [1.165, 1.54) is 21.9 Å². The van der Waals surface area contributed by atoms with Crippen molar-refractivity contribution in [1.82, 2.24) is 19.2 Å². The maximum Gasteiger partial charge on any atom is 0.255 e. The summed E-state index contributed by atoms with van der Waals surface area (Å²) in [5.41, 5.74) is 0.537. The molecule has 0 saturated carbocycles. The fourth-order valence-electron chi connectivity index (χ4n) is 5.02. The van der Waals surface area contributed by atoms with E-state index in [9.17, 15) is 17.6 Å². The SMILES string of the molecule is CC12CCCCN1C(=O)c1cc(-c3nc(NC4CCN(S(C)(=O)=O)CC4)ncc3F)sc12. The predicted octanol–water partition coefficient (Wildman–Crippen LogP) is 3.04. The van der Waals surface area contributed by atoms with Gasteiger partial charge in [-0.1, -0.05) is 0 Å². The highest BCUT2D eigenvalue weighted by Gasteiger charge is 2.49. The Morgan fingerprint density at radius 2 is 2.00 bits per heavy atom. The maximum absolute atomic E-state index is 14.7. The van der Waals surface area contributed by atoms with E-state index in [1.54, 1.807) is 6.07 Å². The van der Waals surface area contributed by atoms with Crippen molar-refractivity contribution in [2.75, 3.05) is 31.2 Å². The van der Waals surface area contributed by atoms with E-state index < -0.39 is 15.8 Å². The van der Waals surface area contributed by atoms with Crippen LogP contribution in [0.15, 0.2) is 12.3 Å². The fraction of sp³-hybridized carbons (Fsp3) is 0.571. The van der Waals surface area contributed by atoms with Crippen LogP contribution in [0.5, 0.6) is 0 Å². The summed E-state index contributed by atoms with van der Waals surface area (Å²) >= 11 is 1.44. The van der Waals surface area contributed by atoms with Crippen LogP contribution in [0.3, 0.4) is 0 Å². The van der Waals surface area contributed by atoms with Crippen LogP contribution in [-0.2, 0) is 15.6 Å². The van der Waals surface area contributed by atoms with E-state index >= 15 is 0 Å². The summed E-state index contributed by atoms with van der Waals surface area (Å²) in [7, 11) is -3.19. The monoisotopic (exact) mass is 479 g/mol. The summed E-state index contributed by atoms with van der Waals surface area (Å²) in [5.74, 6) is -0.194. The molecule has 172 valence electrons. The van der Waals surface area contributed by atoms with Crippen LogP contribution in [0.25, 0.3) is 10.6 Å². The van der Waals surface area contributed by atoms with Crippen LogP contribution in [0, 0.1) is 5.82 Å². The van der Waals surface area contributed by atoms with Crippen LogP contribution in [0.1, 0.15) is 54.3 Å². The van der Waals surface area contributed by atoms with Crippen LogP contribution >= 0.6 is 11.3 Å². The Labute approximate surface area is 190 Å². The molecule has 32 heavy (non-hydrogen) atoms. The first-order chi connectivity index (χ1) is 15.2. The van der Waals surface area contributed by atoms with Gasteiger partial charge in [0.2, 0.25) is 16.0 Å². The number of nitrogens with one attached hydrogen (secondary N) is 1. The van der Waals surface area contributed by atoms with E-state index in [1.807, 2.05) is 4.90 Å². The molecule has 0 radical (unpaired) electrons. The van der Waals surface area contributed by atoms with Gasteiger partial charge in [-0.25, -0.2) is 27.1 Å². The third kappa shape index (κ3) is 3.60. The van der Waals surface area contributed by atoms with Gasteiger partial charge in [-0.2, -0.15) is 0 Å². The second kappa shape index (κ2) is 7.74. The zero-order chi connectivity index (χ0) is 22.7. The van der Waals surface area contributed by atoms with Crippen molar-refractivity contribution in [3.63, 3.8) is 0 Å². The molecule has 0 bridgehead atoms. The first kappa shape index (κ1) is 21.7. The highest BCUT2D eigenvalue weighted by molar-refractivity contribution is 7.88. The molecule has 0 aromatic carbocycles. The molecule has 1 N–H and O–H groups in total. The number of fused-ring (bicyclic) bond motifs is 3. The highest BCUT2D eigenvalue weighted by atomic mass is 32.2. The number of thiophene rings is 1. The largest absolute Gasteiger partial charge is 0.351 e. The van der Waals surface area contributed by atoms with Crippen LogP contribution < -0.4 is 5.32 Å². The van der Waals surface area contributed by atoms with E-state index in [4.69, 9.17) is 0 Å². The van der Waals surface area contributed by atoms with Gasteiger partial charge in [-0.15, -0.1) is 11.3 Å². The molecule has 1 amide bonds. The molecule has 1 unspecified atom stereocenters. The van der Waals surface area contributed by atoms with Gasteiger partial charge in [0.1, 0.15) is 5.69 Å². The average molecular weight is 480 g/mol. The van der Waals surface area contributed by atoms with Gasteiger partial charge >= 0.3 is 0 Å². The van der Waals surface area contributed by atoms with E-state index in [-0.39, 0.29) is 23.2 Å². The lowest BCUT2D eigenvalue weighted by atomic mass is 9.89. The number of aromatic nitrogens is 2. The second-order valence-corrected chi connectivity index (χ2v) is 12.0. The number of carbonyl (C=O) groups is 1. The van der Waals surface area contributed by atoms with E-state index in [0.29, 0.717) is 42.3 Å². The Kier molecular flexibility index (Phi) is 5.25. The first-order valence-corrected chi connectivity index (χ1v) is 13.5. The van der Waals surface area contributed by atoms with Crippen molar-refractivity contribution in [1.29, 1.82) is 0 Å². The Balaban J connectivity index is 1.38. The van der Waals surface area contributed by atoms with Crippen molar-refractivity contribution in [3.05, 3.63) is 28.5 Å². The zero-order valence-corrected chi connectivity index (χ0v) is 19.7. The molecule has 11 heteroatoms. The van der Waals surface area contributed by atoms with Crippen molar-refractivity contribution in [2.45, 2.75) is 50.6 Å². The lowest BCUT2D eigenvalue weighted by molar-refractivity contribution is 0.0470. The summed E-state index contributed by atoms with van der Waals surface area (Å²) in [6.45, 7) is 3.72. The van der Waals surface area contributed by atoms with Crippen molar-refractivity contribution >= 4 is 33.2 Å². The van der Waals surface area contributed by atoms with E-state index in [0.717, 1.165) is 36.9 Å². The minimum Gasteiger partial charge on any atom is -0.351 e. The number of sulfonamides is 1. The smallest absolute Gasteiger partial charge is 0.255 e. The molecule has 5 rings (SSSR count). The molecule has 2 aromatic heterocycles. The molecule has 2 fully saturated rings. The maximum atomic E-state index is 14.7. The summed E-state index contributed by atoms with van der Waals surface area (Å²) in [6.07, 6.45) is 6.61. The molecule has 3 aliphatic heterocycles. The van der Waals surface area contributed by atoms with Crippen molar-refractivity contribution in [2.24, 2.45) is 0 Å². The molecule has 0 spiro atoms. The van der Waals surface area contributed by atoms with Gasteiger partial charge < -0.3 is 10.2 Å². The Bertz CT molecular complexity index is 1180. The third-order valence-electron chi connectivity index (χ3n) is 6.82. The number of anilines is 1. The zero-order valence-electron chi connectivity index (χ0n) is 18.1. The van der Waals surface area contributed by atoms with Crippen LogP contribution in [0.4, 0.5) is 10.3 Å². The summed E-state index contributed by atoms with van der Waals surface area (Å²) in [4.78, 5) is 25.0. The number of amides is 1.